The number of thiophene rings is 1. The monoisotopic (exact) mass is 424 g/mol. The molecule has 0 fully saturated rings. The van der Waals surface area contributed by atoms with Crippen molar-refractivity contribution in [3.05, 3.63) is 73.9 Å². The highest BCUT2D eigenvalue weighted by Gasteiger charge is 2.27. The molecule has 1 N–H and O–H groups in total. The zero-order valence-corrected chi connectivity index (χ0v) is 17.2. The van der Waals surface area contributed by atoms with Gasteiger partial charge in [0.25, 0.3) is 0 Å². The number of nitrogens with one attached hydrogen (secondary N) is 1. The lowest BCUT2D eigenvalue weighted by atomic mass is 9.91. The van der Waals surface area contributed by atoms with Gasteiger partial charge < -0.3 is 5.32 Å². The summed E-state index contributed by atoms with van der Waals surface area (Å²) in [6, 6.07) is 7.43. The first-order valence-corrected chi connectivity index (χ1v) is 10.5. The van der Waals surface area contributed by atoms with Crippen molar-refractivity contribution in [2.75, 3.05) is 5.32 Å². The fourth-order valence-corrected chi connectivity index (χ4v) is 4.97. The van der Waals surface area contributed by atoms with Crippen LogP contribution < -0.4 is 5.32 Å². The lowest BCUT2D eigenvalue weighted by Gasteiger charge is -2.13. The third-order valence-corrected chi connectivity index (χ3v) is 6.27. The Morgan fingerprint density at radius 2 is 2.10 bits per heavy atom. The molecule has 0 aliphatic heterocycles. The average molecular weight is 424 g/mol. The molecular weight excluding hydrogens is 404 g/mol. The predicted molar refractivity (Wildman–Crippen MR) is 113 cm³/mol. The zero-order chi connectivity index (χ0) is 21.3. The van der Waals surface area contributed by atoms with Crippen LogP contribution in [0.3, 0.4) is 0 Å². The van der Waals surface area contributed by atoms with E-state index in [0.717, 1.165) is 47.9 Å². The van der Waals surface area contributed by atoms with Crippen molar-refractivity contribution in [1.29, 1.82) is 0 Å². The van der Waals surface area contributed by atoms with Gasteiger partial charge in [0, 0.05) is 10.4 Å². The number of aromatic nitrogens is 2. The van der Waals surface area contributed by atoms with Gasteiger partial charge in [-0.1, -0.05) is 23.8 Å². The number of carbonyl (C=O) groups excluding carboxylic acids is 2. The molecule has 0 spiro atoms. The van der Waals surface area contributed by atoms with E-state index in [-0.39, 0.29) is 23.9 Å². The van der Waals surface area contributed by atoms with Gasteiger partial charge in [-0.3, -0.25) is 24.4 Å². The van der Waals surface area contributed by atoms with Gasteiger partial charge in [-0.05, 0) is 44.2 Å². The molecule has 3 aromatic rings. The van der Waals surface area contributed by atoms with Crippen LogP contribution in [0.5, 0.6) is 0 Å². The van der Waals surface area contributed by atoms with Crippen LogP contribution in [0.2, 0.25) is 0 Å². The molecule has 1 aliphatic carbocycles. The van der Waals surface area contributed by atoms with Gasteiger partial charge in [0.05, 0.1) is 10.5 Å². The summed E-state index contributed by atoms with van der Waals surface area (Å²) in [6.45, 7) is 1.76. The Balaban J connectivity index is 1.62. The minimum absolute atomic E-state index is 0.0943. The maximum Gasteiger partial charge on any atom is 0.307 e. The van der Waals surface area contributed by atoms with E-state index < -0.39 is 4.92 Å². The Kier molecular flexibility index (Phi) is 5.45. The number of aryl methyl sites for hydroxylation is 2. The van der Waals surface area contributed by atoms with Crippen LogP contribution in [0.15, 0.2) is 36.7 Å². The summed E-state index contributed by atoms with van der Waals surface area (Å²) in [6.07, 6.45) is 6.11. The first-order chi connectivity index (χ1) is 14.4. The van der Waals surface area contributed by atoms with Crippen LogP contribution >= 0.6 is 11.3 Å². The van der Waals surface area contributed by atoms with Crippen LogP contribution in [0, 0.1) is 17.0 Å². The molecule has 2 aromatic heterocycles. The molecule has 4 rings (SSSR count). The highest BCUT2D eigenvalue weighted by molar-refractivity contribution is 7.17. The fraction of sp³-hybridized carbons (Fsp3) is 0.286. The minimum atomic E-state index is -0.562. The van der Waals surface area contributed by atoms with E-state index in [0.29, 0.717) is 16.1 Å². The zero-order valence-electron chi connectivity index (χ0n) is 16.4. The number of hydrogen-bond acceptors (Lipinski definition) is 6. The number of amides is 1. The second kappa shape index (κ2) is 8.19. The van der Waals surface area contributed by atoms with E-state index in [1.807, 2.05) is 25.1 Å². The van der Waals surface area contributed by atoms with Gasteiger partial charge >= 0.3 is 5.69 Å². The third kappa shape index (κ3) is 4.02. The SMILES string of the molecule is Cc1cccc(C(=O)c2c(NC(=O)Cn3cc([N+](=O)[O-])cn3)sc3c2CCCC3)c1. The molecule has 1 amide bonds. The largest absolute Gasteiger partial charge is 0.315 e. The number of nitro groups is 1. The summed E-state index contributed by atoms with van der Waals surface area (Å²) in [5, 5.41) is 18.0. The standard InChI is InChI=1S/C21H20N4O4S/c1-13-5-4-6-14(9-13)20(27)19-16-7-2-3-8-17(16)30-21(19)23-18(26)12-24-11-15(10-22-24)25(28)29/h4-6,9-11H,2-3,7-8,12H2,1H3,(H,23,26). The molecule has 30 heavy (non-hydrogen) atoms. The average Bonchev–Trinajstić information content (AvgIpc) is 3.31. The molecule has 0 saturated heterocycles. The summed E-state index contributed by atoms with van der Waals surface area (Å²) in [7, 11) is 0. The topological polar surface area (TPSA) is 107 Å². The van der Waals surface area contributed by atoms with Crippen LogP contribution in [0.4, 0.5) is 10.7 Å². The fourth-order valence-electron chi connectivity index (χ4n) is 3.67. The Morgan fingerprint density at radius 1 is 1.30 bits per heavy atom. The van der Waals surface area contributed by atoms with E-state index in [1.54, 1.807) is 6.07 Å². The second-order valence-electron chi connectivity index (χ2n) is 7.32. The molecule has 154 valence electrons. The third-order valence-electron chi connectivity index (χ3n) is 5.07. The van der Waals surface area contributed by atoms with E-state index in [4.69, 9.17) is 0 Å². The van der Waals surface area contributed by atoms with Gasteiger partial charge in [0.2, 0.25) is 5.91 Å². The van der Waals surface area contributed by atoms with Crippen LogP contribution in [-0.4, -0.2) is 26.4 Å². The first kappa shape index (κ1) is 20.0. The molecule has 1 aliphatic rings. The Bertz CT molecular complexity index is 1150. The molecule has 1 aromatic carbocycles. The molecule has 9 heteroatoms. The number of hydrogen-bond donors (Lipinski definition) is 1. The van der Waals surface area contributed by atoms with Crippen molar-refractivity contribution in [2.45, 2.75) is 39.2 Å². The molecule has 0 radical (unpaired) electrons. The number of carbonyl (C=O) groups is 2. The Labute approximate surface area is 176 Å². The second-order valence-corrected chi connectivity index (χ2v) is 8.42. The van der Waals surface area contributed by atoms with Crippen molar-refractivity contribution in [1.82, 2.24) is 9.78 Å². The maximum atomic E-state index is 13.3. The van der Waals surface area contributed by atoms with Crippen molar-refractivity contribution < 1.29 is 14.5 Å². The van der Waals surface area contributed by atoms with Gasteiger partial charge in [0.15, 0.2) is 5.78 Å². The smallest absolute Gasteiger partial charge is 0.307 e. The molecule has 0 bridgehead atoms. The Hall–Kier alpha value is -3.33. The highest BCUT2D eigenvalue weighted by atomic mass is 32.1. The molecule has 2 heterocycles. The lowest BCUT2D eigenvalue weighted by molar-refractivity contribution is -0.385. The summed E-state index contributed by atoms with van der Waals surface area (Å²) in [5.41, 5.74) is 3.02. The molecule has 0 atom stereocenters. The normalized spacial score (nSPS) is 13.0. The first-order valence-electron chi connectivity index (χ1n) is 9.65. The minimum Gasteiger partial charge on any atom is -0.315 e. The molecular formula is C21H20N4O4S. The predicted octanol–water partition coefficient (Wildman–Crippen LogP) is 3.91. The van der Waals surface area contributed by atoms with Crippen LogP contribution in [0.25, 0.3) is 0 Å². The van der Waals surface area contributed by atoms with Crippen LogP contribution in [0.1, 0.15) is 44.8 Å². The van der Waals surface area contributed by atoms with Crippen molar-refractivity contribution >= 4 is 33.7 Å². The number of fused-ring (bicyclic) bond motifs is 1. The number of anilines is 1. The number of nitrogens with zero attached hydrogens (tertiary/aromatic N) is 3. The van der Waals surface area contributed by atoms with Gasteiger partial charge in [-0.25, -0.2) is 0 Å². The summed E-state index contributed by atoms with van der Waals surface area (Å²) in [5.74, 6) is -0.479. The number of rotatable bonds is 6. The highest BCUT2D eigenvalue weighted by Crippen LogP contribution is 2.39. The van der Waals surface area contributed by atoms with Gasteiger partial charge in [-0.15, -0.1) is 11.3 Å². The summed E-state index contributed by atoms with van der Waals surface area (Å²) < 4.78 is 1.21. The van der Waals surface area contributed by atoms with E-state index in [1.165, 1.54) is 22.2 Å². The van der Waals surface area contributed by atoms with Gasteiger partial charge in [0.1, 0.15) is 23.9 Å². The van der Waals surface area contributed by atoms with Crippen molar-refractivity contribution in [2.24, 2.45) is 0 Å². The summed E-state index contributed by atoms with van der Waals surface area (Å²) >= 11 is 1.45. The lowest BCUT2D eigenvalue weighted by Crippen LogP contribution is -2.20. The van der Waals surface area contributed by atoms with E-state index in [9.17, 15) is 19.7 Å². The number of benzene rings is 1. The number of ketones is 1. The quantitative estimate of drug-likeness (QED) is 0.367. The van der Waals surface area contributed by atoms with E-state index >= 15 is 0 Å². The van der Waals surface area contributed by atoms with Crippen molar-refractivity contribution in [3.8, 4) is 0 Å². The van der Waals surface area contributed by atoms with Gasteiger partial charge in [-0.2, -0.15) is 5.10 Å². The maximum absolute atomic E-state index is 13.3. The van der Waals surface area contributed by atoms with E-state index in [2.05, 4.69) is 10.4 Å². The van der Waals surface area contributed by atoms with Crippen LogP contribution in [-0.2, 0) is 24.2 Å². The van der Waals surface area contributed by atoms with Crippen molar-refractivity contribution in [3.63, 3.8) is 0 Å². The Morgan fingerprint density at radius 3 is 2.83 bits per heavy atom. The molecule has 0 saturated carbocycles. The molecule has 0 unspecified atom stereocenters. The summed E-state index contributed by atoms with van der Waals surface area (Å²) in [4.78, 5) is 37.3. The molecule has 8 nitrogen and oxygen atoms in total.